The fraction of sp³-hybridized carbons (Fsp3) is 0.318. The SMILES string of the molecule is CCN(CC)c1ccc(-c2cc(OCC(O)CF)c3ccccc3n2)cc1. The van der Waals surface area contributed by atoms with E-state index >= 15 is 0 Å². The van der Waals surface area contributed by atoms with E-state index in [9.17, 15) is 9.50 Å². The van der Waals surface area contributed by atoms with Gasteiger partial charge >= 0.3 is 0 Å². The number of ether oxygens (including phenoxy) is 1. The van der Waals surface area contributed by atoms with Gasteiger partial charge in [0, 0.05) is 35.8 Å². The first kappa shape index (κ1) is 19.1. The third kappa shape index (κ3) is 4.37. The van der Waals surface area contributed by atoms with Crippen LogP contribution < -0.4 is 9.64 Å². The summed E-state index contributed by atoms with van der Waals surface area (Å²) in [5.74, 6) is 0.593. The van der Waals surface area contributed by atoms with Crippen LogP contribution in [-0.4, -0.2) is 42.6 Å². The van der Waals surface area contributed by atoms with Crippen molar-refractivity contribution in [3.8, 4) is 17.0 Å². The molecule has 0 aliphatic heterocycles. The molecule has 5 heteroatoms. The van der Waals surface area contributed by atoms with E-state index in [4.69, 9.17) is 9.72 Å². The van der Waals surface area contributed by atoms with Crippen LogP contribution in [0.4, 0.5) is 10.1 Å². The van der Waals surface area contributed by atoms with Crippen molar-refractivity contribution >= 4 is 16.6 Å². The van der Waals surface area contributed by atoms with Gasteiger partial charge in [0.1, 0.15) is 25.1 Å². The van der Waals surface area contributed by atoms with Crippen molar-refractivity contribution in [1.29, 1.82) is 0 Å². The van der Waals surface area contributed by atoms with Gasteiger partial charge in [0.2, 0.25) is 0 Å². The summed E-state index contributed by atoms with van der Waals surface area (Å²) >= 11 is 0. The van der Waals surface area contributed by atoms with Crippen LogP contribution in [0.25, 0.3) is 22.2 Å². The molecule has 0 saturated heterocycles. The van der Waals surface area contributed by atoms with Crippen LogP contribution in [0.1, 0.15) is 13.8 Å². The van der Waals surface area contributed by atoms with Gasteiger partial charge in [0.15, 0.2) is 0 Å². The van der Waals surface area contributed by atoms with Crippen LogP contribution in [0, 0.1) is 0 Å². The van der Waals surface area contributed by atoms with Crippen LogP contribution in [0.15, 0.2) is 54.6 Å². The molecular weight excluding hydrogens is 343 g/mol. The van der Waals surface area contributed by atoms with E-state index in [2.05, 4.69) is 30.9 Å². The van der Waals surface area contributed by atoms with Crippen LogP contribution in [0.2, 0.25) is 0 Å². The third-order valence-electron chi connectivity index (χ3n) is 4.58. The number of para-hydroxylation sites is 1. The molecule has 1 aromatic heterocycles. The molecule has 0 radical (unpaired) electrons. The number of benzene rings is 2. The van der Waals surface area contributed by atoms with E-state index < -0.39 is 12.8 Å². The molecular formula is C22H25FN2O2. The van der Waals surface area contributed by atoms with E-state index in [0.29, 0.717) is 5.75 Å². The number of hydrogen-bond acceptors (Lipinski definition) is 4. The lowest BCUT2D eigenvalue weighted by Gasteiger charge is -2.21. The molecule has 0 bridgehead atoms. The minimum atomic E-state index is -1.13. The fourth-order valence-corrected chi connectivity index (χ4v) is 3.07. The number of rotatable bonds is 8. The zero-order valence-corrected chi connectivity index (χ0v) is 15.7. The highest BCUT2D eigenvalue weighted by atomic mass is 19.1. The largest absolute Gasteiger partial charge is 0.490 e. The maximum absolute atomic E-state index is 12.6. The first-order chi connectivity index (χ1) is 13.2. The molecule has 1 atom stereocenters. The molecule has 3 aromatic rings. The summed E-state index contributed by atoms with van der Waals surface area (Å²) in [6.45, 7) is 5.26. The summed E-state index contributed by atoms with van der Waals surface area (Å²) in [6.07, 6.45) is -1.13. The fourth-order valence-electron chi connectivity index (χ4n) is 3.07. The topological polar surface area (TPSA) is 45.6 Å². The summed E-state index contributed by atoms with van der Waals surface area (Å²) in [7, 11) is 0. The molecule has 4 nitrogen and oxygen atoms in total. The van der Waals surface area contributed by atoms with Crippen molar-refractivity contribution in [2.45, 2.75) is 20.0 Å². The summed E-state index contributed by atoms with van der Waals surface area (Å²) in [6, 6.07) is 17.8. The van der Waals surface area contributed by atoms with Crippen molar-refractivity contribution in [2.75, 3.05) is 31.3 Å². The Bertz CT molecular complexity index is 879. The second kappa shape index (κ2) is 8.82. The molecule has 0 aliphatic carbocycles. The lowest BCUT2D eigenvalue weighted by molar-refractivity contribution is 0.0848. The quantitative estimate of drug-likeness (QED) is 0.638. The molecule has 27 heavy (non-hydrogen) atoms. The Hall–Kier alpha value is -2.66. The van der Waals surface area contributed by atoms with Gasteiger partial charge in [-0.3, -0.25) is 0 Å². The minimum Gasteiger partial charge on any atom is -0.490 e. The lowest BCUT2D eigenvalue weighted by Crippen LogP contribution is -2.21. The van der Waals surface area contributed by atoms with Crippen molar-refractivity contribution in [3.63, 3.8) is 0 Å². The first-order valence-corrected chi connectivity index (χ1v) is 9.28. The standard InChI is InChI=1S/C22H25FN2O2/c1-3-25(4-2)17-11-9-16(10-12-17)21-13-22(27-15-18(26)14-23)19-7-5-6-8-20(19)24-21/h5-13,18,26H,3-4,14-15H2,1-2H3. The average molecular weight is 368 g/mol. The van der Waals surface area contributed by atoms with E-state index in [1.165, 1.54) is 5.69 Å². The number of hydrogen-bond donors (Lipinski definition) is 1. The van der Waals surface area contributed by atoms with E-state index in [1.54, 1.807) is 0 Å². The van der Waals surface area contributed by atoms with Gasteiger partial charge < -0.3 is 14.7 Å². The Morgan fingerprint density at radius 2 is 1.78 bits per heavy atom. The number of fused-ring (bicyclic) bond motifs is 1. The second-order valence-corrected chi connectivity index (χ2v) is 6.36. The van der Waals surface area contributed by atoms with Crippen LogP contribution in [0.5, 0.6) is 5.75 Å². The van der Waals surface area contributed by atoms with Gasteiger partial charge in [-0.15, -0.1) is 0 Å². The zero-order chi connectivity index (χ0) is 19.2. The molecule has 0 fully saturated rings. The number of aliphatic hydroxyl groups is 1. The van der Waals surface area contributed by atoms with Gasteiger partial charge in [0.05, 0.1) is 11.2 Å². The number of aliphatic hydroxyl groups excluding tert-OH is 1. The number of pyridine rings is 1. The number of halogens is 1. The zero-order valence-electron chi connectivity index (χ0n) is 15.7. The summed E-state index contributed by atoms with van der Waals surface area (Å²) in [5.41, 5.74) is 3.73. The van der Waals surface area contributed by atoms with Gasteiger partial charge in [-0.25, -0.2) is 9.37 Å². The van der Waals surface area contributed by atoms with Crippen LogP contribution >= 0.6 is 0 Å². The molecule has 0 spiro atoms. The van der Waals surface area contributed by atoms with Crippen LogP contribution in [-0.2, 0) is 0 Å². The van der Waals surface area contributed by atoms with Crippen molar-refractivity contribution in [3.05, 3.63) is 54.6 Å². The smallest absolute Gasteiger partial charge is 0.131 e. The molecule has 2 aromatic carbocycles. The Kier molecular flexibility index (Phi) is 6.24. The Morgan fingerprint density at radius 1 is 1.07 bits per heavy atom. The van der Waals surface area contributed by atoms with Crippen molar-refractivity contribution in [1.82, 2.24) is 4.98 Å². The maximum Gasteiger partial charge on any atom is 0.131 e. The molecule has 0 amide bonds. The molecule has 1 unspecified atom stereocenters. The predicted octanol–water partition coefficient (Wildman–Crippen LogP) is 4.46. The van der Waals surface area contributed by atoms with E-state index in [1.807, 2.05) is 42.5 Å². The van der Waals surface area contributed by atoms with Crippen LogP contribution in [0.3, 0.4) is 0 Å². The van der Waals surface area contributed by atoms with E-state index in [-0.39, 0.29) is 6.61 Å². The maximum atomic E-state index is 12.6. The summed E-state index contributed by atoms with van der Waals surface area (Å²) in [5, 5.41) is 10.3. The highest BCUT2D eigenvalue weighted by molar-refractivity contribution is 5.88. The molecule has 0 aliphatic rings. The van der Waals surface area contributed by atoms with E-state index in [0.717, 1.165) is 35.2 Å². The Balaban J connectivity index is 1.96. The minimum absolute atomic E-state index is 0.0924. The Morgan fingerprint density at radius 3 is 2.44 bits per heavy atom. The van der Waals surface area contributed by atoms with Gasteiger partial charge in [-0.2, -0.15) is 0 Å². The molecule has 1 heterocycles. The molecule has 3 rings (SSSR count). The second-order valence-electron chi connectivity index (χ2n) is 6.36. The highest BCUT2D eigenvalue weighted by Crippen LogP contribution is 2.31. The molecule has 142 valence electrons. The normalized spacial score (nSPS) is 12.1. The number of anilines is 1. The highest BCUT2D eigenvalue weighted by Gasteiger charge is 2.11. The molecule has 0 saturated carbocycles. The Labute approximate surface area is 159 Å². The lowest BCUT2D eigenvalue weighted by atomic mass is 10.1. The summed E-state index contributed by atoms with van der Waals surface area (Å²) in [4.78, 5) is 7.02. The first-order valence-electron chi connectivity index (χ1n) is 9.28. The van der Waals surface area contributed by atoms with Gasteiger partial charge in [-0.1, -0.05) is 24.3 Å². The summed E-state index contributed by atoms with van der Waals surface area (Å²) < 4.78 is 18.3. The third-order valence-corrected chi connectivity index (χ3v) is 4.58. The monoisotopic (exact) mass is 368 g/mol. The van der Waals surface area contributed by atoms with Gasteiger partial charge in [0.25, 0.3) is 0 Å². The predicted molar refractivity (Wildman–Crippen MR) is 108 cm³/mol. The van der Waals surface area contributed by atoms with Crippen molar-refractivity contribution in [2.24, 2.45) is 0 Å². The number of alkyl halides is 1. The number of aromatic nitrogens is 1. The van der Waals surface area contributed by atoms with Gasteiger partial charge in [-0.05, 0) is 38.1 Å². The van der Waals surface area contributed by atoms with Crippen molar-refractivity contribution < 1.29 is 14.2 Å². The molecule has 1 N–H and O–H groups in total. The average Bonchev–Trinajstić information content (AvgIpc) is 2.73. The number of nitrogens with zero attached hydrogens (tertiary/aromatic N) is 2.